The summed E-state index contributed by atoms with van der Waals surface area (Å²) < 4.78 is 75.8. The van der Waals surface area contributed by atoms with Gasteiger partial charge < -0.3 is 10.0 Å². The molecule has 0 amide bonds. The van der Waals surface area contributed by atoms with Gasteiger partial charge in [-0.1, -0.05) is 28.9 Å². The maximum Gasteiger partial charge on any atom is 0.333 e. The molecule has 53 heavy (non-hydrogen) atoms. The minimum Gasteiger partial charge on any atom is -0.369 e. The van der Waals surface area contributed by atoms with Gasteiger partial charge in [0.15, 0.2) is 16.6 Å². The second-order valence-electron chi connectivity index (χ2n) is 13.0. The van der Waals surface area contributed by atoms with Gasteiger partial charge in [0.05, 0.1) is 17.6 Å². The lowest BCUT2D eigenvalue weighted by molar-refractivity contribution is -0.0993. The standard InChI is InChI=1S/C33H31ClF3N11O3S2/c1-19-16-33(49,48-18-26(41-44-48)24-4-2-3-9-38-24)8-12-47(19)53(50,51)43-21-15-27-28(25-7-11-46(42-25)32(36)37)29(22-6-5-20(35)14-23(22)34)40-30(45(27)17-21)31-39-10-13-52-31/h2-7,9-11,13-14,18-19,21,29,32,43,49H,8,12,15-17H2,1H3/t19?,21-,29-,33?/m0/s1. The third-order valence-corrected chi connectivity index (χ3v) is 12.4. The number of piperidine rings is 1. The van der Waals surface area contributed by atoms with Crippen LogP contribution < -0.4 is 4.72 Å². The number of halogens is 4. The molecule has 276 valence electrons. The molecule has 5 aromatic rings. The van der Waals surface area contributed by atoms with Crippen molar-refractivity contribution in [2.45, 2.75) is 56.6 Å². The fourth-order valence-corrected chi connectivity index (χ4v) is 9.67. The SMILES string of the molecule is CC1CC(O)(n2cc(-c3ccccn3)nn2)CCN1S(=O)(=O)N[C@H]1CC2=C(c3ccn(C(F)F)n3)[C@H](c3ccc(F)cc3Cl)N=C(c3nccs3)N2C1. The topological polar surface area (TPSA) is 160 Å². The number of rotatable bonds is 9. The van der Waals surface area contributed by atoms with Crippen molar-refractivity contribution in [2.24, 2.45) is 4.99 Å². The highest BCUT2D eigenvalue weighted by molar-refractivity contribution is 7.87. The molecule has 2 N–H and O–H groups in total. The van der Waals surface area contributed by atoms with E-state index in [1.165, 1.54) is 38.5 Å². The molecular formula is C33H31ClF3N11O3S2. The van der Waals surface area contributed by atoms with Gasteiger partial charge in [-0.15, -0.1) is 16.4 Å². The maximum atomic E-state index is 14.2. The number of fused-ring (bicyclic) bond motifs is 1. The monoisotopic (exact) mass is 785 g/mol. The molecule has 14 nitrogen and oxygen atoms in total. The van der Waals surface area contributed by atoms with E-state index in [0.717, 1.165) is 12.3 Å². The third kappa shape index (κ3) is 6.65. The van der Waals surface area contributed by atoms with Crippen molar-refractivity contribution >= 4 is 44.6 Å². The quantitative estimate of drug-likeness (QED) is 0.214. The number of amidine groups is 1. The van der Waals surface area contributed by atoms with E-state index in [9.17, 15) is 26.7 Å². The van der Waals surface area contributed by atoms with Gasteiger partial charge in [-0.05, 0) is 37.3 Å². The first kappa shape index (κ1) is 35.5. The average molecular weight is 786 g/mol. The highest BCUT2D eigenvalue weighted by atomic mass is 35.5. The van der Waals surface area contributed by atoms with Crippen LogP contribution in [0.3, 0.4) is 0 Å². The summed E-state index contributed by atoms with van der Waals surface area (Å²) in [5, 5.41) is 26.4. The highest BCUT2D eigenvalue weighted by Crippen LogP contribution is 2.46. The molecule has 3 aliphatic heterocycles. The summed E-state index contributed by atoms with van der Waals surface area (Å²) in [4.78, 5) is 15.5. The Morgan fingerprint density at radius 3 is 2.66 bits per heavy atom. The number of thiazole rings is 1. The molecule has 0 bridgehead atoms. The average Bonchev–Trinajstić information content (AvgIpc) is 3.95. The Bertz CT molecular complexity index is 2320. The summed E-state index contributed by atoms with van der Waals surface area (Å²) in [6.07, 6.45) is 6.20. The zero-order valence-corrected chi connectivity index (χ0v) is 30.2. The van der Waals surface area contributed by atoms with Crippen molar-refractivity contribution in [3.05, 3.63) is 105 Å². The van der Waals surface area contributed by atoms with E-state index < -0.39 is 46.4 Å². The maximum absolute atomic E-state index is 14.2. The molecule has 0 radical (unpaired) electrons. The fraction of sp³-hybridized carbons (Fsp3) is 0.333. The van der Waals surface area contributed by atoms with Gasteiger partial charge in [0.25, 0.3) is 10.2 Å². The number of nitrogens with one attached hydrogen (secondary N) is 1. The summed E-state index contributed by atoms with van der Waals surface area (Å²) >= 11 is 7.88. The number of aliphatic imine (C=N–C) groups is 1. The minimum atomic E-state index is -4.13. The first-order valence-electron chi connectivity index (χ1n) is 16.5. The Balaban J connectivity index is 1.09. The lowest BCUT2D eigenvalue weighted by atomic mass is 9.92. The Kier molecular flexibility index (Phi) is 9.18. The van der Waals surface area contributed by atoms with Crippen LogP contribution in [0.4, 0.5) is 13.2 Å². The second-order valence-corrected chi connectivity index (χ2v) is 15.9. The molecule has 2 unspecified atom stereocenters. The number of hydrogen-bond donors (Lipinski definition) is 2. The zero-order chi connectivity index (χ0) is 37.1. The van der Waals surface area contributed by atoms with E-state index in [0.29, 0.717) is 43.7 Å². The molecule has 2 saturated heterocycles. The smallest absolute Gasteiger partial charge is 0.333 e. The number of aromatic nitrogens is 7. The van der Waals surface area contributed by atoms with Crippen LogP contribution in [0.1, 0.15) is 55.0 Å². The zero-order valence-electron chi connectivity index (χ0n) is 27.8. The number of hydrogen-bond acceptors (Lipinski definition) is 11. The molecule has 20 heteroatoms. The number of pyridine rings is 1. The van der Waals surface area contributed by atoms with Gasteiger partial charge in [-0.25, -0.2) is 18.7 Å². The van der Waals surface area contributed by atoms with Crippen molar-refractivity contribution in [2.75, 3.05) is 13.1 Å². The molecule has 0 spiro atoms. The van der Waals surface area contributed by atoms with Crippen molar-refractivity contribution in [1.29, 1.82) is 0 Å². The van der Waals surface area contributed by atoms with Crippen LogP contribution in [0, 0.1) is 5.82 Å². The van der Waals surface area contributed by atoms with Crippen molar-refractivity contribution in [3.63, 3.8) is 0 Å². The molecule has 1 aromatic carbocycles. The summed E-state index contributed by atoms with van der Waals surface area (Å²) in [6.45, 7) is -1.08. The summed E-state index contributed by atoms with van der Waals surface area (Å²) in [6, 6.07) is 8.44. The predicted molar refractivity (Wildman–Crippen MR) is 189 cm³/mol. The molecule has 0 aliphatic carbocycles. The van der Waals surface area contributed by atoms with Gasteiger partial charge in [0.1, 0.15) is 17.6 Å². The normalized spacial score (nSPS) is 23.9. The first-order chi connectivity index (χ1) is 25.4. The molecule has 4 aromatic heterocycles. The second kappa shape index (κ2) is 13.7. The van der Waals surface area contributed by atoms with Crippen LogP contribution >= 0.6 is 22.9 Å². The molecule has 0 saturated carbocycles. The number of nitrogens with zero attached hydrogens (tertiary/aromatic N) is 10. The van der Waals surface area contributed by atoms with E-state index in [2.05, 4.69) is 30.1 Å². The van der Waals surface area contributed by atoms with Crippen molar-refractivity contribution in [1.82, 2.24) is 48.7 Å². The van der Waals surface area contributed by atoms with Crippen molar-refractivity contribution in [3.8, 4) is 11.4 Å². The minimum absolute atomic E-state index is 0.0157. The Morgan fingerprint density at radius 2 is 1.96 bits per heavy atom. The van der Waals surface area contributed by atoms with E-state index in [1.807, 2.05) is 11.0 Å². The third-order valence-electron chi connectivity index (χ3n) is 9.54. The number of benzene rings is 1. The van der Waals surface area contributed by atoms with Gasteiger partial charge in [-0.3, -0.25) is 9.98 Å². The Morgan fingerprint density at radius 1 is 1.11 bits per heavy atom. The van der Waals surface area contributed by atoms with Crippen molar-refractivity contribution < 1.29 is 26.7 Å². The molecule has 2 fully saturated rings. The lowest BCUT2D eigenvalue weighted by Gasteiger charge is -2.41. The summed E-state index contributed by atoms with van der Waals surface area (Å²) in [7, 11) is -4.13. The van der Waals surface area contributed by atoms with Gasteiger partial charge >= 0.3 is 6.55 Å². The molecule has 8 rings (SSSR count). The van der Waals surface area contributed by atoms with Crippen LogP contribution in [0.25, 0.3) is 17.0 Å². The van der Waals surface area contributed by atoms with Gasteiger partial charge in [-0.2, -0.15) is 31.3 Å². The molecular weight excluding hydrogens is 755 g/mol. The van der Waals surface area contributed by atoms with Crippen LogP contribution in [0.15, 0.2) is 83.3 Å². The summed E-state index contributed by atoms with van der Waals surface area (Å²) in [5.74, 6) is -0.138. The van der Waals surface area contributed by atoms with Gasteiger partial charge in [0, 0.05) is 90.3 Å². The van der Waals surface area contributed by atoms with Crippen LogP contribution in [-0.4, -0.2) is 88.5 Å². The number of alkyl halides is 2. The lowest BCUT2D eigenvalue weighted by Crippen LogP contribution is -2.56. The van der Waals surface area contributed by atoms with E-state index in [1.54, 1.807) is 43.0 Å². The number of aliphatic hydroxyl groups is 1. The van der Waals surface area contributed by atoms with Crippen LogP contribution in [-0.2, 0) is 15.9 Å². The van der Waals surface area contributed by atoms with Crippen LogP contribution in [0.2, 0.25) is 5.02 Å². The first-order valence-corrected chi connectivity index (χ1v) is 19.2. The van der Waals surface area contributed by atoms with Crippen LogP contribution in [0.5, 0.6) is 0 Å². The van der Waals surface area contributed by atoms with E-state index >= 15 is 0 Å². The molecule has 7 heterocycles. The molecule has 3 aliphatic rings. The van der Waals surface area contributed by atoms with E-state index in [4.69, 9.17) is 16.6 Å². The highest BCUT2D eigenvalue weighted by Gasteiger charge is 2.46. The predicted octanol–water partition coefficient (Wildman–Crippen LogP) is 4.83. The van der Waals surface area contributed by atoms with E-state index in [-0.39, 0.29) is 43.1 Å². The largest absolute Gasteiger partial charge is 0.369 e. The Hall–Kier alpha value is -4.53. The summed E-state index contributed by atoms with van der Waals surface area (Å²) in [5.41, 5.74) is 1.17. The Labute approximate surface area is 310 Å². The molecule has 4 atom stereocenters. The van der Waals surface area contributed by atoms with Gasteiger partial charge in [0.2, 0.25) is 0 Å². The fourth-order valence-electron chi connectivity index (χ4n) is 7.16.